The summed E-state index contributed by atoms with van der Waals surface area (Å²) in [6.07, 6.45) is 1.58. The van der Waals surface area contributed by atoms with Gasteiger partial charge in [0.25, 0.3) is 10.0 Å². The van der Waals surface area contributed by atoms with Crippen LogP contribution in [0.5, 0.6) is 0 Å². The van der Waals surface area contributed by atoms with Crippen molar-refractivity contribution in [3.05, 3.63) is 11.8 Å². The molecule has 0 fully saturated rings. The van der Waals surface area contributed by atoms with E-state index in [2.05, 4.69) is 20.2 Å². The molecule has 0 atom stereocenters. The number of carboxylic acid groups (broad SMARTS) is 1. The number of aromatic carboxylic acids is 1. The van der Waals surface area contributed by atoms with E-state index in [4.69, 9.17) is 5.11 Å². The molecule has 1 heterocycles. The highest BCUT2D eigenvalue weighted by atomic mass is 32.2. The zero-order valence-corrected chi connectivity index (χ0v) is 10.7. The quantitative estimate of drug-likeness (QED) is 0.469. The van der Waals surface area contributed by atoms with Crippen molar-refractivity contribution < 1.29 is 18.3 Å². The topological polar surface area (TPSA) is 124 Å². The minimum absolute atomic E-state index is 0.230. The number of carbonyl (C=O) groups is 1. The minimum atomic E-state index is -3.86. The second-order valence-corrected chi connectivity index (χ2v) is 5.23. The number of carboxylic acids is 1. The van der Waals surface area contributed by atoms with Gasteiger partial charge in [-0.05, 0) is 19.5 Å². The van der Waals surface area contributed by atoms with Gasteiger partial charge in [-0.1, -0.05) is 6.92 Å². The normalized spacial score (nSPS) is 11.6. The summed E-state index contributed by atoms with van der Waals surface area (Å²) in [4.78, 5) is 10.8. The second-order valence-electron chi connectivity index (χ2n) is 3.52. The van der Waals surface area contributed by atoms with E-state index in [-0.39, 0.29) is 12.1 Å². The number of nitrogens with one attached hydrogen (secondary N) is 3. The lowest BCUT2D eigenvalue weighted by atomic mass is 10.4. The van der Waals surface area contributed by atoms with E-state index < -0.39 is 21.0 Å². The molecular formula is C9H16N4O4S. The largest absolute Gasteiger partial charge is 0.478 e. The average molecular weight is 276 g/mol. The van der Waals surface area contributed by atoms with Crippen molar-refractivity contribution in [1.29, 1.82) is 0 Å². The van der Waals surface area contributed by atoms with Crippen molar-refractivity contribution >= 4 is 16.0 Å². The van der Waals surface area contributed by atoms with E-state index >= 15 is 0 Å². The third-order valence-corrected chi connectivity index (χ3v) is 3.61. The molecule has 4 N–H and O–H groups in total. The first-order valence-electron chi connectivity index (χ1n) is 5.46. The van der Waals surface area contributed by atoms with Crippen molar-refractivity contribution in [2.45, 2.75) is 18.4 Å². The van der Waals surface area contributed by atoms with Crippen LogP contribution in [0, 0.1) is 0 Å². The van der Waals surface area contributed by atoms with Crippen LogP contribution < -0.4 is 10.0 Å². The molecule has 1 rings (SSSR count). The van der Waals surface area contributed by atoms with Gasteiger partial charge in [-0.25, -0.2) is 17.9 Å². The maximum atomic E-state index is 11.8. The van der Waals surface area contributed by atoms with Crippen LogP contribution in [0.1, 0.15) is 23.7 Å². The SMILES string of the molecule is CCNCCCNS(=O)(=O)c1[nH]ncc1C(=O)O. The molecule has 0 unspecified atom stereocenters. The summed E-state index contributed by atoms with van der Waals surface area (Å²) in [7, 11) is -3.86. The third kappa shape index (κ3) is 3.79. The first-order chi connectivity index (χ1) is 8.49. The number of hydrogen-bond donors (Lipinski definition) is 4. The molecule has 8 nitrogen and oxygen atoms in total. The van der Waals surface area contributed by atoms with Crippen LogP contribution in [0.25, 0.3) is 0 Å². The smallest absolute Gasteiger partial charge is 0.340 e. The number of nitrogens with zero attached hydrogens (tertiary/aromatic N) is 1. The van der Waals surface area contributed by atoms with Crippen LogP contribution >= 0.6 is 0 Å². The van der Waals surface area contributed by atoms with Crippen LogP contribution in [0.15, 0.2) is 11.2 Å². The van der Waals surface area contributed by atoms with Gasteiger partial charge in [-0.2, -0.15) is 5.10 Å². The molecule has 0 saturated heterocycles. The summed E-state index contributed by atoms with van der Waals surface area (Å²) in [5.41, 5.74) is -0.366. The van der Waals surface area contributed by atoms with Crippen LogP contribution in [0.2, 0.25) is 0 Å². The van der Waals surface area contributed by atoms with E-state index in [1.54, 1.807) is 0 Å². The molecule has 18 heavy (non-hydrogen) atoms. The highest BCUT2D eigenvalue weighted by molar-refractivity contribution is 7.89. The Morgan fingerprint density at radius 3 is 2.83 bits per heavy atom. The zero-order valence-electron chi connectivity index (χ0n) is 9.93. The highest BCUT2D eigenvalue weighted by Gasteiger charge is 2.24. The molecule has 0 aliphatic carbocycles. The van der Waals surface area contributed by atoms with Crippen LogP contribution in [0.3, 0.4) is 0 Å². The molecule has 9 heteroatoms. The van der Waals surface area contributed by atoms with Crippen LogP contribution in [0.4, 0.5) is 0 Å². The maximum Gasteiger partial charge on any atom is 0.340 e. The first kappa shape index (κ1) is 14.6. The molecular weight excluding hydrogens is 260 g/mol. The van der Waals surface area contributed by atoms with Crippen molar-refractivity contribution in [2.24, 2.45) is 0 Å². The summed E-state index contributed by atoms with van der Waals surface area (Å²) in [6.45, 7) is 3.69. The Balaban J connectivity index is 2.63. The predicted molar refractivity (Wildman–Crippen MR) is 63.9 cm³/mol. The van der Waals surface area contributed by atoms with Crippen LogP contribution in [-0.4, -0.2) is 49.3 Å². The van der Waals surface area contributed by atoms with Gasteiger partial charge in [0, 0.05) is 6.54 Å². The highest BCUT2D eigenvalue weighted by Crippen LogP contribution is 2.11. The predicted octanol–water partition coefficient (Wildman–Crippen LogP) is -0.614. The van der Waals surface area contributed by atoms with E-state index in [0.717, 1.165) is 12.7 Å². The van der Waals surface area contributed by atoms with Gasteiger partial charge in [0.15, 0.2) is 5.03 Å². The second kappa shape index (κ2) is 6.47. The van der Waals surface area contributed by atoms with Gasteiger partial charge < -0.3 is 10.4 Å². The fourth-order valence-corrected chi connectivity index (χ4v) is 2.46. The van der Waals surface area contributed by atoms with Crippen molar-refractivity contribution in [1.82, 2.24) is 20.2 Å². The summed E-state index contributed by atoms with van der Waals surface area (Å²) < 4.78 is 25.9. The maximum absolute atomic E-state index is 11.8. The van der Waals surface area contributed by atoms with Gasteiger partial charge in [-0.3, -0.25) is 5.10 Å². The third-order valence-electron chi connectivity index (χ3n) is 2.18. The number of rotatable bonds is 8. The summed E-state index contributed by atoms with van der Waals surface area (Å²) >= 11 is 0. The van der Waals surface area contributed by atoms with Gasteiger partial charge in [0.2, 0.25) is 0 Å². The van der Waals surface area contributed by atoms with Gasteiger partial charge in [-0.15, -0.1) is 0 Å². The van der Waals surface area contributed by atoms with Crippen molar-refractivity contribution in [3.8, 4) is 0 Å². The lowest BCUT2D eigenvalue weighted by Gasteiger charge is -2.05. The molecule has 0 saturated carbocycles. The number of H-pyrrole nitrogens is 1. The average Bonchev–Trinajstić information content (AvgIpc) is 2.78. The molecule has 0 aliphatic rings. The van der Waals surface area contributed by atoms with E-state index in [1.807, 2.05) is 6.92 Å². The molecule has 102 valence electrons. The lowest BCUT2D eigenvalue weighted by Crippen LogP contribution is -2.28. The Kier molecular flexibility index (Phi) is 5.25. The van der Waals surface area contributed by atoms with Gasteiger partial charge in [0.1, 0.15) is 5.56 Å². The molecule has 0 amide bonds. The zero-order chi connectivity index (χ0) is 13.6. The molecule has 0 aromatic carbocycles. The van der Waals surface area contributed by atoms with E-state index in [9.17, 15) is 13.2 Å². The molecule has 0 aliphatic heterocycles. The van der Waals surface area contributed by atoms with Gasteiger partial charge in [0.05, 0.1) is 6.20 Å². The standard InChI is InChI=1S/C9H16N4O4S/c1-2-10-4-3-5-12-18(16,17)8-7(9(14)15)6-11-13-8/h6,10,12H,2-5H2,1H3,(H,11,13)(H,14,15). The number of aromatic amines is 1. The van der Waals surface area contributed by atoms with E-state index in [0.29, 0.717) is 13.0 Å². The minimum Gasteiger partial charge on any atom is -0.478 e. The fourth-order valence-electron chi connectivity index (χ4n) is 1.30. The summed E-state index contributed by atoms with van der Waals surface area (Å²) in [6, 6.07) is 0. The Morgan fingerprint density at radius 1 is 1.50 bits per heavy atom. The number of hydrogen-bond acceptors (Lipinski definition) is 5. The fraction of sp³-hybridized carbons (Fsp3) is 0.556. The Hall–Kier alpha value is -1.45. The van der Waals surface area contributed by atoms with Crippen LogP contribution in [-0.2, 0) is 10.0 Å². The van der Waals surface area contributed by atoms with Crippen molar-refractivity contribution in [3.63, 3.8) is 0 Å². The molecule has 1 aromatic heterocycles. The lowest BCUT2D eigenvalue weighted by molar-refractivity contribution is 0.0692. The monoisotopic (exact) mass is 276 g/mol. The van der Waals surface area contributed by atoms with Crippen molar-refractivity contribution in [2.75, 3.05) is 19.6 Å². The summed E-state index contributed by atoms with van der Waals surface area (Å²) in [5.74, 6) is -1.34. The molecule has 0 bridgehead atoms. The number of sulfonamides is 1. The van der Waals surface area contributed by atoms with E-state index in [1.165, 1.54) is 0 Å². The molecule has 0 radical (unpaired) electrons. The first-order valence-corrected chi connectivity index (χ1v) is 6.94. The Labute approximate surface area is 105 Å². The Morgan fingerprint density at radius 2 is 2.22 bits per heavy atom. The summed E-state index contributed by atoms with van der Waals surface area (Å²) in [5, 5.41) is 17.0. The Bertz CT molecular complexity index is 496. The molecule has 1 aromatic rings. The molecule has 0 spiro atoms. The van der Waals surface area contributed by atoms with Gasteiger partial charge >= 0.3 is 5.97 Å². The number of aromatic nitrogens is 2.